The zero-order valence-corrected chi connectivity index (χ0v) is 20.8. The van der Waals surface area contributed by atoms with Crippen molar-refractivity contribution in [3.05, 3.63) is 88.5 Å². The summed E-state index contributed by atoms with van der Waals surface area (Å²) in [6.07, 6.45) is 0. The summed E-state index contributed by atoms with van der Waals surface area (Å²) in [4.78, 5) is 32.8. The van der Waals surface area contributed by atoms with Gasteiger partial charge in [0.15, 0.2) is 5.13 Å². The third kappa shape index (κ3) is 3.99. The van der Waals surface area contributed by atoms with E-state index >= 15 is 0 Å². The first-order valence-electron chi connectivity index (χ1n) is 11.5. The Morgan fingerprint density at radius 1 is 1.06 bits per heavy atom. The van der Waals surface area contributed by atoms with Crippen molar-refractivity contribution in [2.75, 3.05) is 11.5 Å². The summed E-state index contributed by atoms with van der Waals surface area (Å²) < 4.78 is 6.37. The standard InChI is InChI=1S/C28H24N2O5S/c1-4-35-20-11-7-18(8-12-20)25(32)22-24(17-5-9-19(31)10-6-17)30(27(34)26(22)33)28-29-23-16(3)13-15(2)14-21(23)36-28/h5-14,24,31-32H,4H2,1-3H3/b25-22+. The Labute approximate surface area is 211 Å². The second-order valence-electron chi connectivity index (χ2n) is 8.64. The van der Waals surface area contributed by atoms with Crippen molar-refractivity contribution >= 4 is 44.1 Å². The van der Waals surface area contributed by atoms with Crippen LogP contribution in [0.1, 0.15) is 35.2 Å². The van der Waals surface area contributed by atoms with Gasteiger partial charge in [0, 0.05) is 5.56 Å². The molecule has 4 aromatic rings. The number of anilines is 1. The summed E-state index contributed by atoms with van der Waals surface area (Å²) in [6, 6.07) is 16.0. The van der Waals surface area contributed by atoms with Crippen molar-refractivity contribution in [1.82, 2.24) is 4.98 Å². The number of ketones is 1. The number of aliphatic hydroxyl groups excluding tert-OH is 1. The summed E-state index contributed by atoms with van der Waals surface area (Å²) in [5, 5.41) is 21.5. The van der Waals surface area contributed by atoms with Crippen LogP contribution in [0.5, 0.6) is 11.5 Å². The molecule has 3 aromatic carbocycles. The van der Waals surface area contributed by atoms with Gasteiger partial charge in [-0.2, -0.15) is 0 Å². The van der Waals surface area contributed by atoms with Crippen molar-refractivity contribution in [3.63, 3.8) is 0 Å². The largest absolute Gasteiger partial charge is 0.508 e. The Bertz CT molecular complexity index is 1520. The van der Waals surface area contributed by atoms with Crippen LogP contribution in [0.25, 0.3) is 16.0 Å². The minimum atomic E-state index is -0.917. The van der Waals surface area contributed by atoms with Crippen LogP contribution >= 0.6 is 11.3 Å². The van der Waals surface area contributed by atoms with E-state index in [9.17, 15) is 19.8 Å². The molecule has 5 rings (SSSR count). The smallest absolute Gasteiger partial charge is 0.301 e. The Balaban J connectivity index is 1.69. The summed E-state index contributed by atoms with van der Waals surface area (Å²) in [5.41, 5.74) is 3.71. The van der Waals surface area contributed by atoms with Crippen molar-refractivity contribution < 1.29 is 24.5 Å². The number of hydrogen-bond donors (Lipinski definition) is 2. The van der Waals surface area contributed by atoms with Gasteiger partial charge in [-0.3, -0.25) is 14.5 Å². The number of thiazole rings is 1. The minimum Gasteiger partial charge on any atom is -0.508 e. The number of rotatable bonds is 5. The van der Waals surface area contributed by atoms with E-state index in [0.29, 0.717) is 28.6 Å². The van der Waals surface area contributed by atoms with Crippen LogP contribution in [0.15, 0.2) is 66.2 Å². The van der Waals surface area contributed by atoms with Crippen molar-refractivity contribution in [2.24, 2.45) is 0 Å². The van der Waals surface area contributed by atoms with E-state index in [1.165, 1.54) is 28.4 Å². The maximum absolute atomic E-state index is 13.4. The highest BCUT2D eigenvalue weighted by molar-refractivity contribution is 7.22. The first kappa shape index (κ1) is 23.6. The number of aromatic nitrogens is 1. The lowest BCUT2D eigenvalue weighted by Crippen LogP contribution is -2.29. The molecule has 182 valence electrons. The molecule has 7 nitrogen and oxygen atoms in total. The summed E-state index contributed by atoms with van der Waals surface area (Å²) >= 11 is 1.32. The van der Waals surface area contributed by atoms with Gasteiger partial charge in [-0.1, -0.05) is 29.5 Å². The molecule has 1 aliphatic heterocycles. The van der Waals surface area contributed by atoms with Gasteiger partial charge < -0.3 is 14.9 Å². The molecule has 2 N–H and O–H groups in total. The maximum atomic E-state index is 13.4. The van der Waals surface area contributed by atoms with Gasteiger partial charge in [-0.25, -0.2) is 4.98 Å². The Kier molecular flexibility index (Phi) is 5.97. The molecule has 0 radical (unpaired) electrons. The summed E-state index contributed by atoms with van der Waals surface area (Å²) in [7, 11) is 0. The van der Waals surface area contributed by atoms with Gasteiger partial charge in [0.1, 0.15) is 17.3 Å². The van der Waals surface area contributed by atoms with E-state index in [0.717, 1.165) is 21.3 Å². The number of aromatic hydroxyl groups is 1. The van der Waals surface area contributed by atoms with Crippen LogP contribution in [0.4, 0.5) is 5.13 Å². The van der Waals surface area contributed by atoms with E-state index < -0.39 is 17.7 Å². The van der Waals surface area contributed by atoms with Crippen LogP contribution in [-0.4, -0.2) is 33.5 Å². The topological polar surface area (TPSA) is 100.0 Å². The molecule has 1 fully saturated rings. The number of ether oxygens (including phenoxy) is 1. The van der Waals surface area contributed by atoms with Crippen LogP contribution in [0, 0.1) is 13.8 Å². The Morgan fingerprint density at radius 3 is 2.42 bits per heavy atom. The van der Waals surface area contributed by atoms with Gasteiger partial charge >= 0.3 is 5.91 Å². The average Bonchev–Trinajstić information content (AvgIpc) is 3.38. The molecule has 36 heavy (non-hydrogen) atoms. The molecule has 1 saturated heterocycles. The lowest BCUT2D eigenvalue weighted by molar-refractivity contribution is -0.132. The fourth-order valence-corrected chi connectivity index (χ4v) is 5.66. The van der Waals surface area contributed by atoms with Crippen molar-refractivity contribution in [1.29, 1.82) is 0 Å². The molecule has 0 spiro atoms. The number of phenols is 1. The number of aliphatic hydroxyl groups is 1. The molecular formula is C28H24N2O5S. The van der Waals surface area contributed by atoms with Gasteiger partial charge in [0.2, 0.25) is 0 Å². The van der Waals surface area contributed by atoms with Crippen LogP contribution in [0.2, 0.25) is 0 Å². The highest BCUT2D eigenvalue weighted by atomic mass is 32.1. The van der Waals surface area contributed by atoms with E-state index in [1.54, 1.807) is 36.4 Å². The van der Waals surface area contributed by atoms with Gasteiger partial charge in [0.05, 0.1) is 28.4 Å². The monoisotopic (exact) mass is 500 g/mol. The third-order valence-corrected chi connectivity index (χ3v) is 7.12. The van der Waals surface area contributed by atoms with Crippen LogP contribution in [-0.2, 0) is 9.59 Å². The summed E-state index contributed by atoms with van der Waals surface area (Å²) in [5.74, 6) is -1.18. The Morgan fingerprint density at radius 2 is 1.75 bits per heavy atom. The molecule has 1 aromatic heterocycles. The molecule has 1 unspecified atom stereocenters. The second kappa shape index (κ2) is 9.13. The molecule has 0 bridgehead atoms. The highest BCUT2D eigenvalue weighted by Crippen LogP contribution is 2.45. The molecule has 0 aliphatic carbocycles. The maximum Gasteiger partial charge on any atom is 0.301 e. The first-order valence-corrected chi connectivity index (χ1v) is 12.3. The highest BCUT2D eigenvalue weighted by Gasteiger charge is 2.48. The number of fused-ring (bicyclic) bond motifs is 1. The number of amides is 1. The number of phenolic OH excluding ortho intramolecular Hbond substituents is 1. The first-order chi connectivity index (χ1) is 17.3. The minimum absolute atomic E-state index is 0.0398. The zero-order valence-electron chi connectivity index (χ0n) is 20.0. The van der Waals surface area contributed by atoms with E-state index in [4.69, 9.17) is 9.72 Å². The van der Waals surface area contributed by atoms with Crippen molar-refractivity contribution in [3.8, 4) is 11.5 Å². The van der Waals surface area contributed by atoms with E-state index in [-0.39, 0.29) is 17.1 Å². The number of carbonyl (C=O) groups is 2. The molecule has 0 saturated carbocycles. The molecule has 1 amide bonds. The lowest BCUT2D eigenvalue weighted by atomic mass is 9.95. The number of benzene rings is 3. The van der Waals surface area contributed by atoms with Gasteiger partial charge in [-0.15, -0.1) is 0 Å². The van der Waals surface area contributed by atoms with Gasteiger partial charge in [0.25, 0.3) is 5.78 Å². The normalized spacial score (nSPS) is 17.2. The predicted octanol–water partition coefficient (Wildman–Crippen LogP) is 5.64. The number of hydrogen-bond acceptors (Lipinski definition) is 7. The molecular weight excluding hydrogens is 476 g/mol. The number of aryl methyl sites for hydroxylation is 2. The third-order valence-electron chi connectivity index (χ3n) is 6.12. The SMILES string of the molecule is CCOc1ccc(/C(O)=C2\C(=O)C(=O)N(c3nc4c(C)cc(C)cc4s3)C2c2ccc(O)cc2)cc1. The number of nitrogens with zero attached hydrogens (tertiary/aromatic N) is 2. The van der Waals surface area contributed by atoms with Crippen LogP contribution in [0.3, 0.4) is 0 Å². The fourth-order valence-electron chi connectivity index (χ4n) is 4.49. The molecule has 8 heteroatoms. The van der Waals surface area contributed by atoms with E-state index in [1.807, 2.05) is 32.9 Å². The van der Waals surface area contributed by atoms with Crippen LogP contribution < -0.4 is 9.64 Å². The second-order valence-corrected chi connectivity index (χ2v) is 9.65. The molecule has 1 atom stereocenters. The van der Waals surface area contributed by atoms with Gasteiger partial charge in [-0.05, 0) is 79.9 Å². The number of carbonyl (C=O) groups excluding carboxylic acids is 2. The van der Waals surface area contributed by atoms with Crippen molar-refractivity contribution in [2.45, 2.75) is 26.8 Å². The number of Topliss-reactive ketones (excluding diaryl/α,β-unsaturated/α-hetero) is 1. The fraction of sp³-hybridized carbons (Fsp3) is 0.179. The molecule has 2 heterocycles. The average molecular weight is 501 g/mol. The quantitative estimate of drug-likeness (QED) is 0.209. The zero-order chi connectivity index (χ0) is 25.6. The Hall–Kier alpha value is -4.17. The molecule has 1 aliphatic rings. The lowest BCUT2D eigenvalue weighted by Gasteiger charge is -2.23. The predicted molar refractivity (Wildman–Crippen MR) is 140 cm³/mol. The van der Waals surface area contributed by atoms with E-state index in [2.05, 4.69) is 0 Å². The summed E-state index contributed by atoms with van der Waals surface area (Å²) in [6.45, 7) is 6.32.